The monoisotopic (exact) mass is 168 g/mol. The van der Waals surface area contributed by atoms with Crippen molar-refractivity contribution in [3.8, 4) is 0 Å². The fourth-order valence-corrected chi connectivity index (χ4v) is 1.12. The molecule has 0 saturated carbocycles. The van der Waals surface area contributed by atoms with E-state index >= 15 is 0 Å². The van der Waals surface area contributed by atoms with E-state index in [1.165, 1.54) is 12.0 Å². The molecule has 1 aromatic carbocycles. The topological polar surface area (TPSA) is 0 Å². The molecule has 1 heteroatoms. The van der Waals surface area contributed by atoms with Crippen molar-refractivity contribution >= 4 is 0 Å². The Morgan fingerprint density at radius 2 is 1.85 bits per heavy atom. The largest absolute Gasteiger partial charge is 1.00 e. The van der Waals surface area contributed by atoms with Gasteiger partial charge in [0.25, 0.3) is 0 Å². The summed E-state index contributed by atoms with van der Waals surface area (Å²) in [5, 5.41) is 0. The summed E-state index contributed by atoms with van der Waals surface area (Å²) in [7, 11) is 0. The van der Waals surface area contributed by atoms with Crippen molar-refractivity contribution in [2.45, 2.75) is 26.7 Å². The Morgan fingerprint density at radius 3 is 2.38 bits per heavy atom. The molecule has 13 heavy (non-hydrogen) atoms. The SMILES string of the molecule is CCC(C)[CH-]Cc1ccccc1.[Li+]. The molecule has 0 saturated heterocycles. The van der Waals surface area contributed by atoms with Gasteiger partial charge in [-0.05, 0) is 0 Å². The molecule has 0 nitrogen and oxygen atoms in total. The minimum Gasteiger partial charge on any atom is -0.321 e. The molecule has 0 aliphatic rings. The third-order valence-electron chi connectivity index (χ3n) is 2.24. The summed E-state index contributed by atoms with van der Waals surface area (Å²) in [6, 6.07) is 10.6. The maximum Gasteiger partial charge on any atom is 1.00 e. The van der Waals surface area contributed by atoms with E-state index in [0.29, 0.717) is 0 Å². The summed E-state index contributed by atoms with van der Waals surface area (Å²) >= 11 is 0. The summed E-state index contributed by atoms with van der Waals surface area (Å²) in [6.45, 7) is 4.50. The second kappa shape index (κ2) is 7.24. The van der Waals surface area contributed by atoms with Gasteiger partial charge in [0, 0.05) is 0 Å². The van der Waals surface area contributed by atoms with Gasteiger partial charge in [0.05, 0.1) is 0 Å². The van der Waals surface area contributed by atoms with Crippen molar-refractivity contribution < 1.29 is 18.9 Å². The molecule has 1 rings (SSSR count). The van der Waals surface area contributed by atoms with Gasteiger partial charge in [-0.15, -0.1) is 0 Å². The Hall–Kier alpha value is -0.183. The number of benzene rings is 1. The zero-order valence-corrected chi connectivity index (χ0v) is 8.96. The molecule has 0 N–H and O–H groups in total. The predicted molar refractivity (Wildman–Crippen MR) is 53.9 cm³/mol. The summed E-state index contributed by atoms with van der Waals surface area (Å²) < 4.78 is 0. The first kappa shape index (κ1) is 12.8. The van der Waals surface area contributed by atoms with Crippen molar-refractivity contribution in [2.24, 2.45) is 5.92 Å². The molecule has 0 aliphatic heterocycles. The molecule has 0 amide bonds. The van der Waals surface area contributed by atoms with Crippen LogP contribution in [0.25, 0.3) is 0 Å². The van der Waals surface area contributed by atoms with Crippen molar-refractivity contribution in [2.75, 3.05) is 0 Å². The van der Waals surface area contributed by atoms with Crippen molar-refractivity contribution in [3.05, 3.63) is 42.3 Å². The average Bonchev–Trinajstić information content (AvgIpc) is 2.16. The average molecular weight is 168 g/mol. The molecule has 0 aliphatic carbocycles. The maximum absolute atomic E-state index is 2.38. The molecule has 66 valence electrons. The van der Waals surface area contributed by atoms with Gasteiger partial charge in [0.1, 0.15) is 0 Å². The van der Waals surface area contributed by atoms with Gasteiger partial charge in [-0.2, -0.15) is 12.3 Å². The quantitative estimate of drug-likeness (QED) is 0.453. The Balaban J connectivity index is 0.00000144. The Morgan fingerprint density at radius 1 is 1.23 bits per heavy atom. The summed E-state index contributed by atoms with van der Waals surface area (Å²) in [4.78, 5) is 0. The van der Waals surface area contributed by atoms with E-state index in [1.807, 2.05) is 0 Å². The van der Waals surface area contributed by atoms with Crippen LogP contribution < -0.4 is 18.9 Å². The molecule has 1 aromatic rings. The van der Waals surface area contributed by atoms with E-state index in [9.17, 15) is 0 Å². The van der Waals surface area contributed by atoms with Crippen LogP contribution in [0.2, 0.25) is 0 Å². The number of hydrogen-bond acceptors (Lipinski definition) is 0. The molecule has 0 radical (unpaired) electrons. The Kier molecular flexibility index (Phi) is 7.14. The Bertz CT molecular complexity index is 206. The molecule has 1 atom stereocenters. The van der Waals surface area contributed by atoms with Gasteiger partial charge in [-0.3, -0.25) is 0 Å². The van der Waals surface area contributed by atoms with E-state index in [-0.39, 0.29) is 18.9 Å². The number of hydrogen-bond donors (Lipinski definition) is 0. The normalized spacial score (nSPS) is 11.8. The third-order valence-corrected chi connectivity index (χ3v) is 2.24. The van der Waals surface area contributed by atoms with Crippen LogP contribution in [0, 0.1) is 12.3 Å². The summed E-state index contributed by atoms with van der Waals surface area (Å²) in [6.07, 6.45) is 4.73. The predicted octanol–water partition coefficient (Wildman–Crippen LogP) is 0.483. The van der Waals surface area contributed by atoms with E-state index in [4.69, 9.17) is 0 Å². The van der Waals surface area contributed by atoms with Gasteiger partial charge >= 0.3 is 18.9 Å². The van der Waals surface area contributed by atoms with Crippen LogP contribution in [0.3, 0.4) is 0 Å². The van der Waals surface area contributed by atoms with Gasteiger partial charge in [-0.25, -0.2) is 0 Å². The second-order valence-electron chi connectivity index (χ2n) is 3.31. The third kappa shape index (κ3) is 5.19. The fourth-order valence-electron chi connectivity index (χ4n) is 1.12. The maximum atomic E-state index is 2.38. The van der Waals surface area contributed by atoms with Crippen molar-refractivity contribution in [1.29, 1.82) is 0 Å². The molecule has 1 unspecified atom stereocenters. The zero-order valence-electron chi connectivity index (χ0n) is 8.96. The van der Waals surface area contributed by atoms with E-state index < -0.39 is 0 Å². The molecule has 0 fully saturated rings. The van der Waals surface area contributed by atoms with Crippen molar-refractivity contribution in [3.63, 3.8) is 0 Å². The summed E-state index contributed by atoms with van der Waals surface area (Å²) in [5.74, 6) is 0.741. The van der Waals surface area contributed by atoms with Crippen LogP contribution in [0.1, 0.15) is 25.8 Å². The van der Waals surface area contributed by atoms with Gasteiger partial charge in [0.15, 0.2) is 0 Å². The molecule has 0 heterocycles. The minimum atomic E-state index is 0. The summed E-state index contributed by atoms with van der Waals surface area (Å²) in [5.41, 5.74) is 1.41. The van der Waals surface area contributed by atoms with Gasteiger partial charge in [0.2, 0.25) is 0 Å². The molecule has 0 aromatic heterocycles. The van der Waals surface area contributed by atoms with Crippen molar-refractivity contribution in [1.82, 2.24) is 0 Å². The standard InChI is InChI=1S/C12H17.Li/c1-3-11(2)9-10-12-7-5-4-6-8-12;/h4-9,11H,3,10H2,1-2H3;/q-1;+1. The van der Waals surface area contributed by atoms with Gasteiger partial charge in [-0.1, -0.05) is 56.2 Å². The molecule has 0 spiro atoms. The van der Waals surface area contributed by atoms with E-state index in [2.05, 4.69) is 50.6 Å². The van der Waals surface area contributed by atoms with Crippen LogP contribution in [-0.2, 0) is 6.42 Å². The Labute approximate surface area is 93.9 Å². The molecule has 0 bridgehead atoms. The first-order valence-electron chi connectivity index (χ1n) is 4.70. The van der Waals surface area contributed by atoms with Crippen LogP contribution >= 0.6 is 0 Å². The first-order chi connectivity index (χ1) is 5.83. The first-order valence-corrected chi connectivity index (χ1v) is 4.70. The molecular formula is C12H17Li. The van der Waals surface area contributed by atoms with E-state index in [1.54, 1.807) is 0 Å². The van der Waals surface area contributed by atoms with Crippen LogP contribution in [0.5, 0.6) is 0 Å². The fraction of sp³-hybridized carbons (Fsp3) is 0.417. The number of rotatable bonds is 4. The minimum absolute atomic E-state index is 0. The van der Waals surface area contributed by atoms with Crippen LogP contribution in [0.4, 0.5) is 0 Å². The smallest absolute Gasteiger partial charge is 0.321 e. The van der Waals surface area contributed by atoms with Crippen LogP contribution in [-0.4, -0.2) is 0 Å². The van der Waals surface area contributed by atoms with E-state index in [0.717, 1.165) is 12.3 Å². The van der Waals surface area contributed by atoms with Gasteiger partial charge < -0.3 is 6.42 Å². The zero-order chi connectivity index (χ0) is 8.81. The molecular weight excluding hydrogens is 151 g/mol. The second-order valence-corrected chi connectivity index (χ2v) is 3.31. The van der Waals surface area contributed by atoms with Crippen LogP contribution in [0.15, 0.2) is 30.3 Å².